The number of hydrogen-bond donors (Lipinski definition) is 1. The van der Waals surface area contributed by atoms with E-state index in [1.165, 1.54) is 24.0 Å². The van der Waals surface area contributed by atoms with Crippen LogP contribution in [0.5, 0.6) is 11.5 Å². The Morgan fingerprint density at radius 2 is 1.78 bits per heavy atom. The maximum absolute atomic E-state index is 12.6. The van der Waals surface area contributed by atoms with Crippen molar-refractivity contribution >= 4 is 5.91 Å². The van der Waals surface area contributed by atoms with Gasteiger partial charge in [0.05, 0.1) is 6.04 Å². The molecule has 4 heteroatoms. The zero-order valence-corrected chi connectivity index (χ0v) is 16.2. The first-order valence-electron chi connectivity index (χ1n) is 9.92. The summed E-state index contributed by atoms with van der Waals surface area (Å²) in [4.78, 5) is 12.6. The lowest BCUT2D eigenvalue weighted by Gasteiger charge is -2.22. The number of carbonyl (C=O) groups is 1. The average Bonchev–Trinajstić information content (AvgIpc) is 2.71. The SMILES string of the molecule is CC[C@H](Oc1ccc2c(c1)CCCC2)C(=O)N[C@@H](C)COc1ccccc1. The van der Waals surface area contributed by atoms with Crippen LogP contribution < -0.4 is 14.8 Å². The van der Waals surface area contributed by atoms with Gasteiger partial charge in [0.2, 0.25) is 0 Å². The number of rotatable bonds is 8. The summed E-state index contributed by atoms with van der Waals surface area (Å²) in [6.07, 6.45) is 4.86. The smallest absolute Gasteiger partial charge is 0.261 e. The molecule has 0 bridgehead atoms. The molecule has 0 saturated carbocycles. The highest BCUT2D eigenvalue weighted by Gasteiger charge is 2.21. The van der Waals surface area contributed by atoms with Gasteiger partial charge in [-0.05, 0) is 74.4 Å². The number of fused-ring (bicyclic) bond motifs is 1. The van der Waals surface area contributed by atoms with E-state index < -0.39 is 6.10 Å². The maximum atomic E-state index is 12.6. The second-order valence-electron chi connectivity index (χ2n) is 7.19. The molecule has 0 aliphatic heterocycles. The van der Waals surface area contributed by atoms with Gasteiger partial charge in [-0.25, -0.2) is 0 Å². The Hall–Kier alpha value is -2.49. The van der Waals surface area contributed by atoms with E-state index in [2.05, 4.69) is 17.4 Å². The van der Waals surface area contributed by atoms with Gasteiger partial charge in [-0.2, -0.15) is 0 Å². The van der Waals surface area contributed by atoms with Crippen LogP contribution in [0.1, 0.15) is 44.2 Å². The van der Waals surface area contributed by atoms with E-state index in [1.807, 2.05) is 50.2 Å². The molecule has 2 aromatic carbocycles. The van der Waals surface area contributed by atoms with Crippen molar-refractivity contribution in [2.24, 2.45) is 0 Å². The van der Waals surface area contributed by atoms with E-state index in [0.29, 0.717) is 13.0 Å². The first kappa shape index (κ1) is 19.3. The van der Waals surface area contributed by atoms with Crippen molar-refractivity contribution in [2.75, 3.05) is 6.61 Å². The normalized spacial score (nSPS) is 15.3. The molecule has 3 rings (SSSR count). The number of amides is 1. The van der Waals surface area contributed by atoms with Gasteiger partial charge in [0.1, 0.15) is 18.1 Å². The number of aryl methyl sites for hydroxylation is 2. The summed E-state index contributed by atoms with van der Waals surface area (Å²) in [5, 5.41) is 2.99. The minimum atomic E-state index is -0.495. The molecule has 0 heterocycles. The lowest BCUT2D eigenvalue weighted by molar-refractivity contribution is -0.128. The Morgan fingerprint density at radius 3 is 2.52 bits per heavy atom. The summed E-state index contributed by atoms with van der Waals surface area (Å²) >= 11 is 0. The van der Waals surface area contributed by atoms with Crippen molar-refractivity contribution in [1.29, 1.82) is 0 Å². The molecule has 1 aliphatic rings. The fourth-order valence-electron chi connectivity index (χ4n) is 3.39. The zero-order valence-electron chi connectivity index (χ0n) is 16.2. The molecule has 0 spiro atoms. The molecule has 0 fully saturated rings. The summed E-state index contributed by atoms with van der Waals surface area (Å²) in [7, 11) is 0. The first-order valence-corrected chi connectivity index (χ1v) is 9.92. The maximum Gasteiger partial charge on any atom is 0.261 e. The molecule has 144 valence electrons. The molecular weight excluding hydrogens is 338 g/mol. The van der Waals surface area contributed by atoms with Crippen LogP contribution in [0.3, 0.4) is 0 Å². The van der Waals surface area contributed by atoms with E-state index in [9.17, 15) is 4.79 Å². The highest BCUT2D eigenvalue weighted by Crippen LogP contribution is 2.26. The number of ether oxygens (including phenoxy) is 2. The van der Waals surface area contributed by atoms with E-state index in [4.69, 9.17) is 9.47 Å². The predicted molar refractivity (Wildman–Crippen MR) is 107 cm³/mol. The molecule has 27 heavy (non-hydrogen) atoms. The molecule has 1 aliphatic carbocycles. The third-order valence-corrected chi connectivity index (χ3v) is 4.89. The van der Waals surface area contributed by atoms with Crippen LogP contribution >= 0.6 is 0 Å². The zero-order chi connectivity index (χ0) is 19.1. The quantitative estimate of drug-likeness (QED) is 0.756. The fourth-order valence-corrected chi connectivity index (χ4v) is 3.39. The minimum absolute atomic E-state index is 0.0978. The van der Waals surface area contributed by atoms with E-state index in [0.717, 1.165) is 24.3 Å². The van der Waals surface area contributed by atoms with Gasteiger partial charge in [0, 0.05) is 0 Å². The molecule has 0 radical (unpaired) electrons. The average molecular weight is 367 g/mol. The van der Waals surface area contributed by atoms with Crippen LogP contribution in [0.15, 0.2) is 48.5 Å². The number of hydrogen-bond acceptors (Lipinski definition) is 3. The second kappa shape index (κ2) is 9.45. The van der Waals surface area contributed by atoms with Gasteiger partial charge in [0.15, 0.2) is 6.10 Å². The Kier molecular flexibility index (Phi) is 6.74. The third kappa shape index (κ3) is 5.49. The largest absolute Gasteiger partial charge is 0.491 e. The van der Waals surface area contributed by atoms with E-state index in [-0.39, 0.29) is 11.9 Å². The summed E-state index contributed by atoms with van der Waals surface area (Å²) in [6, 6.07) is 15.8. The van der Waals surface area contributed by atoms with E-state index >= 15 is 0 Å². The fraction of sp³-hybridized carbons (Fsp3) is 0.435. The number of carbonyl (C=O) groups excluding carboxylic acids is 1. The monoisotopic (exact) mass is 367 g/mol. The lowest BCUT2D eigenvalue weighted by Crippen LogP contribution is -2.44. The Morgan fingerprint density at radius 1 is 1.04 bits per heavy atom. The van der Waals surface area contributed by atoms with Crippen molar-refractivity contribution in [1.82, 2.24) is 5.32 Å². The minimum Gasteiger partial charge on any atom is -0.491 e. The topological polar surface area (TPSA) is 47.6 Å². The van der Waals surface area contributed by atoms with Crippen molar-refractivity contribution in [3.05, 3.63) is 59.7 Å². The van der Waals surface area contributed by atoms with Crippen molar-refractivity contribution in [3.8, 4) is 11.5 Å². The van der Waals surface area contributed by atoms with Gasteiger partial charge in [-0.1, -0.05) is 31.2 Å². The highest BCUT2D eigenvalue weighted by atomic mass is 16.5. The number of para-hydroxylation sites is 1. The van der Waals surface area contributed by atoms with Gasteiger partial charge in [0.25, 0.3) is 5.91 Å². The molecule has 0 unspecified atom stereocenters. The molecule has 4 nitrogen and oxygen atoms in total. The second-order valence-corrected chi connectivity index (χ2v) is 7.19. The van der Waals surface area contributed by atoms with Gasteiger partial charge in [-0.3, -0.25) is 4.79 Å². The molecular formula is C23H29NO3. The molecule has 2 aromatic rings. The molecule has 1 amide bonds. The molecule has 0 aromatic heterocycles. The van der Waals surface area contributed by atoms with Crippen LogP contribution in [-0.2, 0) is 17.6 Å². The summed E-state index contributed by atoms with van der Waals surface area (Å²) < 4.78 is 11.7. The first-order chi connectivity index (χ1) is 13.2. The van der Waals surface area contributed by atoms with Crippen LogP contribution in [0.4, 0.5) is 0 Å². The summed E-state index contributed by atoms with van der Waals surface area (Å²) in [5.41, 5.74) is 2.77. The van der Waals surface area contributed by atoms with Crippen LogP contribution in [0.25, 0.3) is 0 Å². The Balaban J connectivity index is 1.52. The summed E-state index contributed by atoms with van der Waals surface area (Å²) in [5.74, 6) is 1.49. The van der Waals surface area contributed by atoms with Crippen molar-refractivity contribution in [3.63, 3.8) is 0 Å². The lowest BCUT2D eigenvalue weighted by atomic mass is 9.92. The molecule has 2 atom stereocenters. The predicted octanol–water partition coefficient (Wildman–Crippen LogP) is 4.31. The number of benzene rings is 2. The Bertz CT molecular complexity index is 745. The standard InChI is InChI=1S/C23H29NO3/c1-3-22(27-21-14-13-18-9-7-8-10-19(18)15-21)23(25)24-17(2)16-26-20-11-5-4-6-12-20/h4-6,11-15,17,22H,3,7-10,16H2,1-2H3,(H,24,25)/t17-,22-/m0/s1. The molecule has 1 N–H and O–H groups in total. The van der Waals surface area contributed by atoms with Crippen LogP contribution in [0.2, 0.25) is 0 Å². The van der Waals surface area contributed by atoms with E-state index in [1.54, 1.807) is 0 Å². The van der Waals surface area contributed by atoms with Gasteiger partial charge < -0.3 is 14.8 Å². The Labute approximate surface area is 161 Å². The molecule has 0 saturated heterocycles. The van der Waals surface area contributed by atoms with Crippen LogP contribution in [0, 0.1) is 0 Å². The summed E-state index contributed by atoms with van der Waals surface area (Å²) in [6.45, 7) is 4.32. The van der Waals surface area contributed by atoms with Crippen LogP contribution in [-0.4, -0.2) is 24.7 Å². The van der Waals surface area contributed by atoms with Gasteiger partial charge >= 0.3 is 0 Å². The van der Waals surface area contributed by atoms with Crippen molar-refractivity contribution in [2.45, 2.75) is 58.1 Å². The number of nitrogens with one attached hydrogen (secondary N) is 1. The highest BCUT2D eigenvalue weighted by molar-refractivity contribution is 5.81. The van der Waals surface area contributed by atoms with Crippen molar-refractivity contribution < 1.29 is 14.3 Å². The third-order valence-electron chi connectivity index (χ3n) is 4.89. The van der Waals surface area contributed by atoms with Gasteiger partial charge in [-0.15, -0.1) is 0 Å².